The number of carbonyl (C=O) groups excluding carboxylic acids is 1. The Balaban J connectivity index is 0.000000253. The smallest absolute Gasteiger partial charge is 0.162 e. The minimum atomic E-state index is 0. The third kappa shape index (κ3) is 14.3. The Morgan fingerprint density at radius 2 is 1.03 bits per heavy atom. The zero-order valence-corrected chi connectivity index (χ0v) is 40.5. The van der Waals surface area contributed by atoms with Gasteiger partial charge in [-0.05, 0) is 107 Å². The number of hydrogen-bond acceptors (Lipinski definition) is 4. The van der Waals surface area contributed by atoms with E-state index in [9.17, 15) is 9.90 Å². The summed E-state index contributed by atoms with van der Waals surface area (Å²) in [6.45, 7) is 25.2. The number of fused-ring (bicyclic) bond motifs is 2. The SMILES string of the molecule is CCC(CC)C(=O)/C=C(\O)C(CC)CC.[2H]c1cc2cc(CC(C)C)ccc2c(-c2[c-]c(C)cc(C)c2)n1.[2H]c1cc2cc(CC(C)C)ccc2c(-c2[c-]c(C)cc(C)c2)n1.[Ir]. The monoisotopic (exact) mass is 984 g/mol. The number of benzene rings is 4. The van der Waals surface area contributed by atoms with Crippen molar-refractivity contribution in [2.75, 3.05) is 0 Å². The molecule has 0 aliphatic carbocycles. The van der Waals surface area contributed by atoms with Gasteiger partial charge in [0, 0.05) is 50.4 Å². The van der Waals surface area contributed by atoms with Crippen LogP contribution in [0.1, 0.15) is 117 Å². The molecule has 0 aliphatic heterocycles. The number of hydrogen-bond donors (Lipinski definition) is 1. The van der Waals surface area contributed by atoms with Gasteiger partial charge in [0.2, 0.25) is 0 Å². The standard InChI is InChI=1S/2C21H22N.C13H24O2.Ir/c2*1-14(2)9-17-5-6-20-18(13-17)7-8-22-21(20)19-11-15(3)10-16(4)12-19;1-5-10(6-2)12(14)9-13(15)11(7-3)8-4;/h2*5-8,10-11,13-14H,9H2,1-4H3;9-11,14H,5-8H2,1-4H3;/q2*-1;;/b;;12-9-;/i2*8D;;. The number of ketones is 1. The van der Waals surface area contributed by atoms with Gasteiger partial charge in [-0.3, -0.25) is 4.79 Å². The van der Waals surface area contributed by atoms with Crippen LogP contribution >= 0.6 is 0 Å². The van der Waals surface area contributed by atoms with E-state index in [1.807, 2.05) is 53.7 Å². The average molecular weight is 983 g/mol. The first kappa shape index (κ1) is 46.6. The Labute approximate surface area is 378 Å². The topological polar surface area (TPSA) is 63.1 Å². The molecule has 0 unspecified atom stereocenters. The molecule has 4 aromatic carbocycles. The molecule has 0 atom stereocenters. The fraction of sp³-hybridized carbons (Fsp3) is 0.400. The van der Waals surface area contributed by atoms with E-state index in [0.29, 0.717) is 24.2 Å². The van der Waals surface area contributed by atoms with Gasteiger partial charge in [0.05, 0.1) is 8.50 Å². The van der Waals surface area contributed by atoms with Gasteiger partial charge in [-0.15, -0.1) is 69.8 Å². The van der Waals surface area contributed by atoms with Crippen molar-refractivity contribution < 1.29 is 32.7 Å². The summed E-state index contributed by atoms with van der Waals surface area (Å²) in [6, 6.07) is 31.9. The number of aliphatic hydroxyl groups excluding tert-OH is 1. The van der Waals surface area contributed by atoms with Crippen LogP contribution in [0.5, 0.6) is 0 Å². The Bertz CT molecular complexity index is 2260. The number of carbonyl (C=O) groups is 1. The van der Waals surface area contributed by atoms with Crippen LogP contribution in [-0.2, 0) is 37.7 Å². The maximum Gasteiger partial charge on any atom is 0.162 e. The van der Waals surface area contributed by atoms with Crippen molar-refractivity contribution in [2.24, 2.45) is 23.7 Å². The maximum absolute atomic E-state index is 11.7. The second kappa shape index (κ2) is 24.1. The van der Waals surface area contributed by atoms with Gasteiger partial charge in [0.25, 0.3) is 0 Å². The molecule has 0 spiro atoms. The van der Waals surface area contributed by atoms with Crippen LogP contribution in [0.3, 0.4) is 0 Å². The molecule has 60 heavy (non-hydrogen) atoms. The van der Waals surface area contributed by atoms with Crippen LogP contribution in [0, 0.1) is 63.5 Å². The van der Waals surface area contributed by atoms with Crippen LogP contribution in [0.15, 0.2) is 97.0 Å². The van der Waals surface area contributed by atoms with E-state index in [-0.39, 0.29) is 43.5 Å². The van der Waals surface area contributed by atoms with Crippen molar-refractivity contribution in [3.05, 3.63) is 142 Å². The second-order valence-corrected chi connectivity index (χ2v) is 17.0. The van der Waals surface area contributed by atoms with Crippen molar-refractivity contribution in [3.8, 4) is 22.5 Å². The third-order valence-corrected chi connectivity index (χ3v) is 10.7. The number of rotatable bonds is 13. The third-order valence-electron chi connectivity index (χ3n) is 10.7. The quantitative estimate of drug-likeness (QED) is 0.0711. The minimum absolute atomic E-state index is 0. The number of nitrogens with zero attached hydrogens (tertiary/aromatic N) is 2. The summed E-state index contributed by atoms with van der Waals surface area (Å²) in [5.74, 6) is 1.79. The minimum Gasteiger partial charge on any atom is -0.512 e. The number of aryl methyl sites for hydroxylation is 4. The molecule has 0 bridgehead atoms. The van der Waals surface area contributed by atoms with Gasteiger partial charge in [0.15, 0.2) is 5.78 Å². The number of allylic oxidation sites excluding steroid dienone is 2. The average Bonchev–Trinajstić information content (AvgIpc) is 3.17. The first-order chi connectivity index (χ1) is 28.9. The molecule has 0 saturated carbocycles. The summed E-state index contributed by atoms with van der Waals surface area (Å²) in [5.41, 5.74) is 10.9. The molecule has 1 N–H and O–H groups in total. The molecule has 0 fully saturated rings. The summed E-state index contributed by atoms with van der Waals surface area (Å²) >= 11 is 0. The van der Waals surface area contributed by atoms with Gasteiger partial charge in [-0.25, -0.2) is 0 Å². The van der Waals surface area contributed by atoms with E-state index < -0.39 is 0 Å². The molecule has 0 amide bonds. The largest absolute Gasteiger partial charge is 0.512 e. The van der Waals surface area contributed by atoms with Gasteiger partial charge < -0.3 is 15.1 Å². The van der Waals surface area contributed by atoms with E-state index in [0.717, 1.165) is 93.7 Å². The van der Waals surface area contributed by atoms with Gasteiger partial charge in [-0.1, -0.05) is 119 Å². The van der Waals surface area contributed by atoms with Crippen LogP contribution in [0.4, 0.5) is 0 Å². The van der Waals surface area contributed by atoms with E-state index in [1.54, 1.807) is 0 Å². The summed E-state index contributed by atoms with van der Waals surface area (Å²) in [5, 5.41) is 14.1. The fourth-order valence-electron chi connectivity index (χ4n) is 7.78. The molecule has 0 aliphatic rings. The molecule has 4 nitrogen and oxygen atoms in total. The zero-order chi connectivity index (χ0) is 45.0. The predicted molar refractivity (Wildman–Crippen MR) is 252 cm³/mol. The Hall–Kier alpha value is -4.44. The molecule has 2 aromatic heterocycles. The fourth-order valence-corrected chi connectivity index (χ4v) is 7.78. The van der Waals surface area contributed by atoms with Gasteiger partial charge in [-0.2, -0.15) is 0 Å². The van der Waals surface area contributed by atoms with Crippen LogP contribution < -0.4 is 0 Å². The Morgan fingerprint density at radius 3 is 1.38 bits per heavy atom. The molecule has 2 heterocycles. The normalized spacial score (nSPS) is 11.9. The van der Waals surface area contributed by atoms with Crippen molar-refractivity contribution in [1.29, 1.82) is 0 Å². The molecule has 0 saturated heterocycles. The van der Waals surface area contributed by atoms with Gasteiger partial charge >= 0.3 is 0 Å². The Morgan fingerprint density at radius 1 is 0.633 bits per heavy atom. The van der Waals surface area contributed by atoms with Gasteiger partial charge in [0.1, 0.15) is 0 Å². The molecule has 321 valence electrons. The molecule has 5 heteroatoms. The second-order valence-electron chi connectivity index (χ2n) is 17.0. The van der Waals surface area contributed by atoms with Crippen LogP contribution in [0.25, 0.3) is 44.1 Å². The summed E-state index contributed by atoms with van der Waals surface area (Å²) < 4.78 is 16.1. The zero-order valence-electron chi connectivity index (χ0n) is 40.1. The van der Waals surface area contributed by atoms with Crippen molar-refractivity contribution in [3.63, 3.8) is 0 Å². The van der Waals surface area contributed by atoms with E-state index in [2.05, 4.69) is 124 Å². The van der Waals surface area contributed by atoms with E-state index in [1.165, 1.54) is 28.3 Å². The van der Waals surface area contributed by atoms with Crippen molar-refractivity contribution in [1.82, 2.24) is 9.97 Å². The van der Waals surface area contributed by atoms with Crippen molar-refractivity contribution in [2.45, 2.75) is 122 Å². The number of aromatic nitrogens is 2. The summed E-state index contributed by atoms with van der Waals surface area (Å²) in [6.07, 6.45) is 7.62. The summed E-state index contributed by atoms with van der Waals surface area (Å²) in [4.78, 5) is 20.7. The molecule has 1 radical (unpaired) electrons. The number of aliphatic hydroxyl groups is 1. The van der Waals surface area contributed by atoms with Crippen LogP contribution in [0.2, 0.25) is 0 Å². The number of pyridine rings is 2. The molecular formula is C55H68IrN2O2-2. The van der Waals surface area contributed by atoms with Crippen LogP contribution in [-0.4, -0.2) is 20.9 Å². The molecule has 6 rings (SSSR count). The first-order valence-electron chi connectivity index (χ1n) is 22.7. The predicted octanol–water partition coefficient (Wildman–Crippen LogP) is 14.9. The van der Waals surface area contributed by atoms with E-state index >= 15 is 0 Å². The molecular weight excluding hydrogens is 913 g/mol. The first-order valence-corrected chi connectivity index (χ1v) is 21.7. The summed E-state index contributed by atoms with van der Waals surface area (Å²) in [7, 11) is 0. The maximum atomic E-state index is 11.7. The van der Waals surface area contributed by atoms with E-state index in [4.69, 9.17) is 2.74 Å². The molecule has 6 aromatic rings. The Kier molecular flexibility index (Phi) is 18.7. The van der Waals surface area contributed by atoms with Crippen molar-refractivity contribution >= 4 is 27.3 Å².